The van der Waals surface area contributed by atoms with Crippen LogP contribution in [-0.2, 0) is 4.79 Å². The Balaban J connectivity index is 1.98. The summed E-state index contributed by atoms with van der Waals surface area (Å²) in [4.78, 5) is 14.7. The van der Waals surface area contributed by atoms with Crippen LogP contribution < -0.4 is 5.32 Å². The number of carbonyl (C=O) groups excluding carboxylic acids is 1. The molecule has 1 aromatic rings. The second kappa shape index (κ2) is 7.24. The van der Waals surface area contributed by atoms with E-state index in [9.17, 15) is 4.79 Å². The molecule has 112 valence electrons. The number of nitrogens with zero attached hydrogens (tertiary/aromatic N) is 2. The molecule has 1 saturated heterocycles. The first-order chi connectivity index (χ1) is 10.1. The fraction of sp³-hybridized carbons (Fsp3) is 0.529. The van der Waals surface area contributed by atoms with Crippen LogP contribution in [0.15, 0.2) is 18.2 Å². The summed E-state index contributed by atoms with van der Waals surface area (Å²) in [5.41, 5.74) is 3.14. The van der Waals surface area contributed by atoms with Gasteiger partial charge in [-0.1, -0.05) is 18.2 Å². The highest BCUT2D eigenvalue weighted by Crippen LogP contribution is 2.23. The molecule has 1 atom stereocenters. The summed E-state index contributed by atoms with van der Waals surface area (Å²) in [6.45, 7) is 6.56. The van der Waals surface area contributed by atoms with Gasteiger partial charge in [-0.05, 0) is 44.4 Å². The van der Waals surface area contributed by atoms with E-state index in [4.69, 9.17) is 5.26 Å². The zero-order valence-electron chi connectivity index (χ0n) is 12.9. The highest BCUT2D eigenvalue weighted by Gasteiger charge is 2.26. The van der Waals surface area contributed by atoms with Crippen molar-refractivity contribution in [3.63, 3.8) is 0 Å². The highest BCUT2D eigenvalue weighted by molar-refractivity contribution is 5.94. The van der Waals surface area contributed by atoms with E-state index >= 15 is 0 Å². The number of hydrogen-bond acceptors (Lipinski definition) is 3. The van der Waals surface area contributed by atoms with E-state index in [-0.39, 0.29) is 11.8 Å². The monoisotopic (exact) mass is 285 g/mol. The van der Waals surface area contributed by atoms with Crippen LogP contribution in [0.2, 0.25) is 0 Å². The largest absolute Gasteiger partial charge is 0.325 e. The molecule has 1 fully saturated rings. The Kier molecular flexibility index (Phi) is 5.35. The van der Waals surface area contributed by atoms with Gasteiger partial charge in [0.25, 0.3) is 0 Å². The third-order valence-electron chi connectivity index (χ3n) is 4.15. The minimum atomic E-state index is 0.0245. The van der Waals surface area contributed by atoms with Crippen LogP contribution in [0.4, 0.5) is 5.69 Å². The SMILES string of the molecule is Cc1cccc(C)c1NC(=O)C1CCCN(CCC#N)C1. The van der Waals surface area contributed by atoms with Gasteiger partial charge in [0.15, 0.2) is 0 Å². The van der Waals surface area contributed by atoms with Crippen LogP contribution in [-0.4, -0.2) is 30.4 Å². The molecule has 0 saturated carbocycles. The summed E-state index contributed by atoms with van der Waals surface area (Å²) in [6.07, 6.45) is 2.49. The summed E-state index contributed by atoms with van der Waals surface area (Å²) in [5.74, 6) is 0.130. The molecule has 0 aromatic heterocycles. The van der Waals surface area contributed by atoms with Crippen LogP contribution in [0.1, 0.15) is 30.4 Å². The predicted molar refractivity (Wildman–Crippen MR) is 83.9 cm³/mol. The number of aryl methyl sites for hydroxylation is 2. The summed E-state index contributed by atoms with van der Waals surface area (Å²) >= 11 is 0. The van der Waals surface area contributed by atoms with Gasteiger partial charge in [0.2, 0.25) is 5.91 Å². The number of hydrogen-bond donors (Lipinski definition) is 1. The molecule has 1 amide bonds. The smallest absolute Gasteiger partial charge is 0.228 e. The zero-order chi connectivity index (χ0) is 15.2. The van der Waals surface area contributed by atoms with E-state index in [0.717, 1.165) is 49.3 Å². The number of nitrogens with one attached hydrogen (secondary N) is 1. The number of nitriles is 1. The first-order valence-corrected chi connectivity index (χ1v) is 7.58. The van der Waals surface area contributed by atoms with Gasteiger partial charge in [-0.15, -0.1) is 0 Å². The summed E-state index contributed by atoms with van der Waals surface area (Å²) in [7, 11) is 0. The van der Waals surface area contributed by atoms with Crippen molar-refractivity contribution in [1.82, 2.24) is 4.90 Å². The van der Waals surface area contributed by atoms with Crippen molar-refractivity contribution >= 4 is 11.6 Å². The van der Waals surface area contributed by atoms with Gasteiger partial charge < -0.3 is 10.2 Å². The molecule has 4 heteroatoms. The Morgan fingerprint density at radius 2 is 2.14 bits per heavy atom. The summed E-state index contributed by atoms with van der Waals surface area (Å²) in [5, 5.41) is 11.8. The molecular formula is C17H23N3O. The molecule has 4 nitrogen and oxygen atoms in total. The Hall–Kier alpha value is -1.86. The molecule has 1 heterocycles. The number of amides is 1. The molecule has 1 unspecified atom stereocenters. The molecule has 0 aliphatic carbocycles. The van der Waals surface area contributed by atoms with Crippen molar-refractivity contribution in [3.05, 3.63) is 29.3 Å². The van der Waals surface area contributed by atoms with E-state index in [0.29, 0.717) is 6.42 Å². The lowest BCUT2D eigenvalue weighted by Gasteiger charge is -2.31. The van der Waals surface area contributed by atoms with Gasteiger partial charge in [0, 0.05) is 25.2 Å². The van der Waals surface area contributed by atoms with E-state index < -0.39 is 0 Å². The average Bonchev–Trinajstić information content (AvgIpc) is 2.49. The molecule has 1 aliphatic heterocycles. The van der Waals surface area contributed by atoms with E-state index in [1.54, 1.807) is 0 Å². The van der Waals surface area contributed by atoms with Crippen molar-refractivity contribution in [3.8, 4) is 6.07 Å². The van der Waals surface area contributed by atoms with Crippen LogP contribution in [0.25, 0.3) is 0 Å². The number of rotatable bonds is 4. The number of anilines is 1. The van der Waals surface area contributed by atoms with Gasteiger partial charge in [0.05, 0.1) is 12.0 Å². The van der Waals surface area contributed by atoms with Crippen LogP contribution in [0.5, 0.6) is 0 Å². The fourth-order valence-electron chi connectivity index (χ4n) is 2.92. The van der Waals surface area contributed by atoms with Gasteiger partial charge >= 0.3 is 0 Å². The maximum absolute atomic E-state index is 12.5. The Bertz CT molecular complexity index is 527. The molecule has 0 spiro atoms. The first kappa shape index (κ1) is 15.5. The number of para-hydroxylation sites is 1. The normalized spacial score (nSPS) is 19.0. The minimum Gasteiger partial charge on any atom is -0.325 e. The quantitative estimate of drug-likeness (QED) is 0.925. The first-order valence-electron chi connectivity index (χ1n) is 7.58. The molecule has 2 rings (SSSR count). The Morgan fingerprint density at radius 3 is 2.81 bits per heavy atom. The third-order valence-corrected chi connectivity index (χ3v) is 4.15. The molecule has 1 aromatic carbocycles. The maximum atomic E-state index is 12.5. The Morgan fingerprint density at radius 1 is 1.43 bits per heavy atom. The lowest BCUT2D eigenvalue weighted by atomic mass is 9.96. The van der Waals surface area contributed by atoms with Gasteiger partial charge in [-0.3, -0.25) is 4.79 Å². The van der Waals surface area contributed by atoms with Crippen molar-refractivity contribution in [2.24, 2.45) is 5.92 Å². The lowest BCUT2D eigenvalue weighted by Crippen LogP contribution is -2.41. The number of piperidine rings is 1. The van der Waals surface area contributed by atoms with Crippen molar-refractivity contribution in [2.45, 2.75) is 33.1 Å². The molecule has 0 radical (unpaired) electrons. The molecule has 0 bridgehead atoms. The second-order valence-electron chi connectivity index (χ2n) is 5.80. The molecule has 1 N–H and O–H groups in total. The summed E-state index contributed by atoms with van der Waals surface area (Å²) in [6, 6.07) is 8.21. The molecular weight excluding hydrogens is 262 g/mol. The fourth-order valence-corrected chi connectivity index (χ4v) is 2.92. The maximum Gasteiger partial charge on any atom is 0.228 e. The van der Waals surface area contributed by atoms with E-state index in [1.807, 2.05) is 32.0 Å². The lowest BCUT2D eigenvalue weighted by molar-refractivity contribution is -0.121. The predicted octanol–water partition coefficient (Wildman–Crippen LogP) is 2.87. The Labute approximate surface area is 126 Å². The summed E-state index contributed by atoms with van der Waals surface area (Å²) < 4.78 is 0. The number of benzene rings is 1. The van der Waals surface area contributed by atoms with Gasteiger partial charge in [0.1, 0.15) is 0 Å². The molecule has 1 aliphatic rings. The number of carbonyl (C=O) groups is 1. The van der Waals surface area contributed by atoms with Crippen LogP contribution in [0.3, 0.4) is 0 Å². The zero-order valence-corrected chi connectivity index (χ0v) is 12.9. The van der Waals surface area contributed by atoms with Crippen molar-refractivity contribution in [2.75, 3.05) is 25.0 Å². The van der Waals surface area contributed by atoms with Crippen LogP contribution in [0, 0.1) is 31.1 Å². The van der Waals surface area contributed by atoms with Crippen molar-refractivity contribution < 1.29 is 4.79 Å². The molecule has 21 heavy (non-hydrogen) atoms. The van der Waals surface area contributed by atoms with Gasteiger partial charge in [-0.2, -0.15) is 5.26 Å². The topological polar surface area (TPSA) is 56.1 Å². The van der Waals surface area contributed by atoms with Crippen LogP contribution >= 0.6 is 0 Å². The minimum absolute atomic E-state index is 0.0245. The third kappa shape index (κ3) is 4.05. The standard InChI is InChI=1S/C17H23N3O/c1-13-6-3-7-14(2)16(13)19-17(21)15-8-4-10-20(12-15)11-5-9-18/h3,6-7,15H,4-5,8,10-12H2,1-2H3,(H,19,21). The second-order valence-corrected chi connectivity index (χ2v) is 5.80. The number of likely N-dealkylation sites (tertiary alicyclic amines) is 1. The van der Waals surface area contributed by atoms with E-state index in [1.165, 1.54) is 0 Å². The van der Waals surface area contributed by atoms with Gasteiger partial charge in [-0.25, -0.2) is 0 Å². The highest BCUT2D eigenvalue weighted by atomic mass is 16.1. The van der Waals surface area contributed by atoms with Crippen molar-refractivity contribution in [1.29, 1.82) is 5.26 Å². The average molecular weight is 285 g/mol. The van der Waals surface area contributed by atoms with E-state index in [2.05, 4.69) is 16.3 Å².